The van der Waals surface area contributed by atoms with Gasteiger partial charge in [-0.3, -0.25) is 4.79 Å². The maximum atomic E-state index is 12.6. The van der Waals surface area contributed by atoms with Gasteiger partial charge in [0.15, 0.2) is 0 Å². The molecule has 4 fully saturated rings. The largest absolute Gasteiger partial charge is 0.344 e. The molecule has 0 aromatic carbocycles. The molecule has 2 N–H and O–H groups in total. The Labute approximate surface area is 129 Å². The maximum Gasteiger partial charge on any atom is 0.239 e. The molecule has 120 valence electrons. The van der Waals surface area contributed by atoms with Gasteiger partial charge in [-0.2, -0.15) is 0 Å². The molecule has 0 aromatic rings. The molecule has 0 saturated heterocycles. The third-order valence-corrected chi connectivity index (χ3v) is 6.31. The van der Waals surface area contributed by atoms with Crippen molar-refractivity contribution in [3.63, 3.8) is 0 Å². The number of carbonyl (C=O) groups excluding carboxylic acids is 1. The van der Waals surface area contributed by atoms with E-state index in [0.717, 1.165) is 24.3 Å². The lowest BCUT2D eigenvalue weighted by atomic mass is 9.49. The van der Waals surface area contributed by atoms with Gasteiger partial charge in [-0.15, -0.1) is 0 Å². The summed E-state index contributed by atoms with van der Waals surface area (Å²) in [7, 11) is 1.96. The first-order valence-electron chi connectivity index (χ1n) is 8.69. The van der Waals surface area contributed by atoms with Crippen LogP contribution < -0.4 is 5.73 Å². The molecule has 0 spiro atoms. The molecule has 0 aliphatic heterocycles. The van der Waals surface area contributed by atoms with Gasteiger partial charge in [0.2, 0.25) is 5.91 Å². The van der Waals surface area contributed by atoms with Crippen LogP contribution in [0.4, 0.5) is 0 Å². The highest BCUT2D eigenvalue weighted by Crippen LogP contribution is 2.60. The van der Waals surface area contributed by atoms with Crippen molar-refractivity contribution in [1.29, 1.82) is 0 Å². The Hall–Kier alpha value is -0.570. The maximum absolute atomic E-state index is 12.6. The van der Waals surface area contributed by atoms with Crippen molar-refractivity contribution >= 4 is 5.91 Å². The summed E-state index contributed by atoms with van der Waals surface area (Å²) >= 11 is 0. The second kappa shape index (κ2) is 4.97. The average molecular weight is 292 g/mol. The highest BCUT2D eigenvalue weighted by atomic mass is 16.2. The Morgan fingerprint density at radius 3 is 1.95 bits per heavy atom. The first-order chi connectivity index (χ1) is 9.68. The van der Waals surface area contributed by atoms with E-state index in [1.807, 2.05) is 32.7 Å². The van der Waals surface area contributed by atoms with Gasteiger partial charge in [0.1, 0.15) is 0 Å². The monoisotopic (exact) mass is 292 g/mol. The molecule has 1 atom stereocenters. The highest BCUT2D eigenvalue weighted by molar-refractivity contribution is 5.82. The van der Waals surface area contributed by atoms with Crippen molar-refractivity contribution in [3.05, 3.63) is 0 Å². The number of carbonyl (C=O) groups is 1. The van der Waals surface area contributed by atoms with Crippen molar-refractivity contribution in [2.75, 3.05) is 13.6 Å². The summed E-state index contributed by atoms with van der Waals surface area (Å²) in [6, 6.07) is -0.392. The molecule has 1 amide bonds. The standard InChI is InChI=1S/C18H32N2O/c1-17(2,3)15(19)16(21)20(4)11-18-8-12-5-13(9-18)7-14(6-12)10-18/h12-15H,5-11,19H2,1-4H3/t12?,13?,14?,15-,18?/m1/s1. The fourth-order valence-electron chi connectivity index (χ4n) is 5.67. The third kappa shape index (κ3) is 2.86. The minimum absolute atomic E-state index is 0.123. The van der Waals surface area contributed by atoms with E-state index in [1.54, 1.807) is 0 Å². The molecule has 3 heteroatoms. The van der Waals surface area contributed by atoms with Crippen LogP contribution in [0, 0.1) is 28.6 Å². The van der Waals surface area contributed by atoms with Crippen LogP contribution >= 0.6 is 0 Å². The van der Waals surface area contributed by atoms with Crippen LogP contribution in [0.15, 0.2) is 0 Å². The van der Waals surface area contributed by atoms with Crippen LogP contribution in [-0.2, 0) is 4.79 Å². The lowest BCUT2D eigenvalue weighted by molar-refractivity contribution is -0.139. The number of nitrogens with two attached hydrogens (primary N) is 1. The predicted octanol–water partition coefficient (Wildman–Crippen LogP) is 3.03. The van der Waals surface area contributed by atoms with Crippen molar-refractivity contribution < 1.29 is 4.79 Å². The zero-order valence-electron chi connectivity index (χ0n) is 14.2. The first-order valence-corrected chi connectivity index (χ1v) is 8.69. The van der Waals surface area contributed by atoms with Crippen molar-refractivity contribution in [1.82, 2.24) is 4.90 Å². The van der Waals surface area contributed by atoms with E-state index in [2.05, 4.69) is 0 Å². The minimum atomic E-state index is -0.392. The Kier molecular flexibility index (Phi) is 3.63. The molecule has 4 bridgehead atoms. The van der Waals surface area contributed by atoms with E-state index in [1.165, 1.54) is 38.5 Å². The van der Waals surface area contributed by atoms with Gasteiger partial charge in [-0.25, -0.2) is 0 Å². The lowest BCUT2D eigenvalue weighted by Crippen LogP contribution is -2.55. The van der Waals surface area contributed by atoms with Gasteiger partial charge >= 0.3 is 0 Å². The van der Waals surface area contributed by atoms with Crippen LogP contribution in [0.1, 0.15) is 59.3 Å². The van der Waals surface area contributed by atoms with Gasteiger partial charge < -0.3 is 10.6 Å². The summed E-state index contributed by atoms with van der Waals surface area (Å²) in [6.07, 6.45) is 8.42. The number of amides is 1. The Morgan fingerprint density at radius 1 is 1.14 bits per heavy atom. The summed E-state index contributed by atoms with van der Waals surface area (Å²) in [5.41, 5.74) is 6.42. The Balaban J connectivity index is 1.67. The van der Waals surface area contributed by atoms with Gasteiger partial charge in [0.05, 0.1) is 6.04 Å². The van der Waals surface area contributed by atoms with Crippen molar-refractivity contribution in [2.24, 2.45) is 34.3 Å². The fraction of sp³-hybridized carbons (Fsp3) is 0.944. The van der Waals surface area contributed by atoms with E-state index < -0.39 is 6.04 Å². The summed E-state index contributed by atoms with van der Waals surface area (Å²) in [5.74, 6) is 2.95. The SMILES string of the molecule is CN(CC12CC3CC(CC(C3)C1)C2)C(=O)[C@@H](N)C(C)(C)C. The molecular weight excluding hydrogens is 260 g/mol. The number of hydrogen-bond donors (Lipinski definition) is 1. The zero-order chi connectivity index (χ0) is 15.4. The molecule has 4 aliphatic rings. The van der Waals surface area contributed by atoms with Crippen molar-refractivity contribution in [2.45, 2.75) is 65.3 Å². The molecule has 4 rings (SSSR count). The second-order valence-electron chi connectivity index (χ2n) is 9.46. The normalized spacial score (nSPS) is 39.4. The molecular formula is C18H32N2O. The summed E-state index contributed by atoms with van der Waals surface area (Å²) < 4.78 is 0. The average Bonchev–Trinajstić information content (AvgIpc) is 2.33. The molecule has 3 nitrogen and oxygen atoms in total. The predicted molar refractivity (Wildman–Crippen MR) is 85.7 cm³/mol. The fourth-order valence-corrected chi connectivity index (χ4v) is 5.67. The quantitative estimate of drug-likeness (QED) is 0.869. The van der Waals surface area contributed by atoms with Crippen LogP contribution in [0.3, 0.4) is 0 Å². The van der Waals surface area contributed by atoms with E-state index in [0.29, 0.717) is 5.41 Å². The lowest BCUT2D eigenvalue weighted by Gasteiger charge is -2.57. The first kappa shape index (κ1) is 15.3. The minimum Gasteiger partial charge on any atom is -0.344 e. The van der Waals surface area contributed by atoms with E-state index in [-0.39, 0.29) is 11.3 Å². The number of likely N-dealkylation sites (N-methyl/N-ethyl adjacent to an activating group) is 1. The molecule has 0 heterocycles. The van der Waals surface area contributed by atoms with E-state index >= 15 is 0 Å². The van der Waals surface area contributed by atoms with Crippen LogP contribution in [-0.4, -0.2) is 30.4 Å². The molecule has 4 aliphatic carbocycles. The smallest absolute Gasteiger partial charge is 0.239 e. The topological polar surface area (TPSA) is 46.3 Å². The third-order valence-electron chi connectivity index (χ3n) is 6.31. The molecule has 0 unspecified atom stereocenters. The van der Waals surface area contributed by atoms with Gasteiger partial charge in [0.25, 0.3) is 0 Å². The number of rotatable bonds is 3. The van der Waals surface area contributed by atoms with Gasteiger partial charge in [0, 0.05) is 13.6 Å². The molecule has 0 radical (unpaired) electrons. The zero-order valence-corrected chi connectivity index (χ0v) is 14.2. The molecule has 21 heavy (non-hydrogen) atoms. The highest BCUT2D eigenvalue weighted by Gasteiger charge is 2.51. The van der Waals surface area contributed by atoms with Crippen LogP contribution in [0.25, 0.3) is 0 Å². The number of nitrogens with zero attached hydrogens (tertiary/aromatic N) is 1. The van der Waals surface area contributed by atoms with Gasteiger partial charge in [-0.05, 0) is 67.1 Å². The number of hydrogen-bond acceptors (Lipinski definition) is 2. The second-order valence-corrected chi connectivity index (χ2v) is 9.46. The van der Waals surface area contributed by atoms with Crippen LogP contribution in [0.5, 0.6) is 0 Å². The Morgan fingerprint density at radius 2 is 1.57 bits per heavy atom. The van der Waals surface area contributed by atoms with E-state index in [9.17, 15) is 4.79 Å². The molecule has 0 aromatic heterocycles. The Bertz CT molecular complexity index is 388. The van der Waals surface area contributed by atoms with Crippen LogP contribution in [0.2, 0.25) is 0 Å². The summed E-state index contributed by atoms with van der Waals surface area (Å²) in [4.78, 5) is 14.6. The summed E-state index contributed by atoms with van der Waals surface area (Å²) in [6.45, 7) is 7.08. The molecule has 4 saturated carbocycles. The van der Waals surface area contributed by atoms with Gasteiger partial charge in [-0.1, -0.05) is 20.8 Å². The van der Waals surface area contributed by atoms with Crippen molar-refractivity contribution in [3.8, 4) is 0 Å². The van der Waals surface area contributed by atoms with E-state index in [4.69, 9.17) is 5.73 Å². The summed E-state index contributed by atoms with van der Waals surface area (Å²) in [5, 5.41) is 0.